The van der Waals surface area contributed by atoms with Crippen LogP contribution in [0.25, 0.3) is 33.0 Å². The van der Waals surface area contributed by atoms with Gasteiger partial charge in [-0.1, -0.05) is 228 Å². The second-order valence-electron chi connectivity index (χ2n) is 16.1. The molecule has 0 aliphatic carbocycles. The van der Waals surface area contributed by atoms with Crippen LogP contribution in [0.2, 0.25) is 38.3 Å². The lowest BCUT2D eigenvalue weighted by Gasteiger charge is -2.20. The van der Waals surface area contributed by atoms with Gasteiger partial charge in [-0.05, 0) is 43.4 Å². The molecule has 0 radical (unpaired) electrons. The van der Waals surface area contributed by atoms with Crippen molar-refractivity contribution >= 4 is 60.0 Å². The Morgan fingerprint density at radius 1 is 0.400 bits per heavy atom. The van der Waals surface area contributed by atoms with Crippen LogP contribution in [0.1, 0.15) is 128 Å². The lowest BCUT2D eigenvalue weighted by Crippen LogP contribution is -2.38. The molecule has 0 spiro atoms. The second-order valence-corrected chi connectivity index (χ2v) is 28.6. The van der Waals surface area contributed by atoms with Gasteiger partial charge in [0.05, 0.1) is 16.1 Å². The average Bonchev–Trinajstić information content (AvgIpc) is 3.83. The first kappa shape index (κ1) is 40.8. The molecule has 0 amide bonds. The monoisotopic (exact) mass is 740 g/mol. The van der Waals surface area contributed by atoms with Crippen molar-refractivity contribution in [1.82, 2.24) is 0 Å². The smallest absolute Gasteiger partial charge is 0.0934 e. The van der Waals surface area contributed by atoms with E-state index in [-0.39, 0.29) is 0 Å². The first-order valence-electron chi connectivity index (χ1n) is 20.3. The van der Waals surface area contributed by atoms with Crippen LogP contribution in [-0.2, 0) is 0 Å². The van der Waals surface area contributed by atoms with Crippen molar-refractivity contribution in [3.05, 3.63) is 83.9 Å². The van der Waals surface area contributed by atoms with Crippen molar-refractivity contribution in [2.75, 3.05) is 0 Å². The summed E-state index contributed by atoms with van der Waals surface area (Å²) in [6.07, 6.45) is 27.0. The van der Waals surface area contributed by atoms with Gasteiger partial charge in [-0.25, -0.2) is 0 Å². The summed E-state index contributed by atoms with van der Waals surface area (Å²) in [4.78, 5) is 2.83. The van der Waals surface area contributed by atoms with E-state index in [4.69, 9.17) is 0 Å². The van der Waals surface area contributed by atoms with Gasteiger partial charge < -0.3 is 0 Å². The molecule has 0 fully saturated rings. The third-order valence-electron chi connectivity index (χ3n) is 10.7. The predicted molar refractivity (Wildman–Crippen MR) is 238 cm³/mol. The molecule has 0 aliphatic rings. The largest absolute Gasteiger partial charge is 0.145 e. The minimum atomic E-state index is -1.37. The molecular weight excluding hydrogens is 673 g/mol. The topological polar surface area (TPSA) is 0 Å². The van der Waals surface area contributed by atoms with Gasteiger partial charge in [0.1, 0.15) is 0 Å². The summed E-state index contributed by atoms with van der Waals surface area (Å²) < 4.78 is 3.32. The fourth-order valence-corrected chi connectivity index (χ4v) is 15.9. The van der Waals surface area contributed by atoms with Gasteiger partial charge in [0.2, 0.25) is 0 Å². The van der Waals surface area contributed by atoms with E-state index < -0.39 is 16.1 Å². The number of unbranched alkanes of at least 4 members (excludes halogenated alkanes) is 14. The molecule has 0 unspecified atom stereocenters. The summed E-state index contributed by atoms with van der Waals surface area (Å²) in [6, 6.07) is 30.8. The van der Waals surface area contributed by atoms with Gasteiger partial charge in [0, 0.05) is 9.75 Å². The van der Waals surface area contributed by atoms with Crippen LogP contribution in [0, 0.1) is 0 Å². The lowest BCUT2D eigenvalue weighted by molar-refractivity contribution is 0.584. The summed E-state index contributed by atoms with van der Waals surface area (Å²) in [5, 5.41) is 0. The summed E-state index contributed by atoms with van der Waals surface area (Å²) >= 11 is 4.09. The Morgan fingerprint density at radius 3 is 1.06 bits per heavy atom. The summed E-state index contributed by atoms with van der Waals surface area (Å²) in [6.45, 7) is 14.9. The molecule has 50 heavy (non-hydrogen) atoms. The van der Waals surface area contributed by atoms with Crippen LogP contribution in [0.4, 0.5) is 0 Å². The van der Waals surface area contributed by atoms with Crippen LogP contribution < -0.4 is 9.00 Å². The maximum Gasteiger partial charge on any atom is 0.0934 e. The van der Waals surface area contributed by atoms with E-state index in [1.807, 2.05) is 22.7 Å². The number of benzene rings is 2. The predicted octanol–water partition coefficient (Wildman–Crippen LogP) is 15.4. The highest BCUT2D eigenvalue weighted by Crippen LogP contribution is 2.30. The molecule has 0 N–H and O–H groups in total. The van der Waals surface area contributed by atoms with Crippen molar-refractivity contribution in [3.63, 3.8) is 0 Å². The maximum atomic E-state index is 2.57. The SMILES string of the molecule is CCCCCCCCCC[Si](C)(C)c1ccc(-c2ccc(/C=C/c3ccc(-c4ccc([Si](C)(C)CCCCCCCCCC)s4)cc3)cc2)s1. The minimum absolute atomic E-state index is 1.26. The molecule has 4 heteroatoms. The van der Waals surface area contributed by atoms with Gasteiger partial charge in [-0.2, -0.15) is 0 Å². The van der Waals surface area contributed by atoms with Crippen molar-refractivity contribution in [1.29, 1.82) is 0 Å². The molecule has 4 rings (SSSR count). The lowest BCUT2D eigenvalue weighted by atomic mass is 10.1. The molecule has 0 nitrogen and oxygen atoms in total. The van der Waals surface area contributed by atoms with Crippen LogP contribution in [0.15, 0.2) is 72.8 Å². The van der Waals surface area contributed by atoms with Crippen LogP contribution in [-0.4, -0.2) is 16.1 Å². The van der Waals surface area contributed by atoms with Gasteiger partial charge in [0.25, 0.3) is 0 Å². The highest BCUT2D eigenvalue weighted by Gasteiger charge is 2.26. The molecular formula is C46H68S2Si2. The number of rotatable bonds is 24. The van der Waals surface area contributed by atoms with Crippen LogP contribution >= 0.6 is 22.7 Å². The molecule has 272 valence electrons. The Morgan fingerprint density at radius 2 is 0.720 bits per heavy atom. The standard InChI is InChI=1S/C46H68S2Si2/c1-7-9-11-13-15-17-19-21-37-49(3,4)45-35-33-43(47-45)41-29-25-39(26-30-41)23-24-40-27-31-42(32-28-40)44-34-36-46(48-44)50(5,6)38-22-20-18-16-14-12-10-8-2/h23-36H,7-22,37-38H2,1-6H3/b24-23+. The van der Waals surface area contributed by atoms with Gasteiger partial charge in [-0.15, -0.1) is 22.7 Å². The van der Waals surface area contributed by atoms with Crippen molar-refractivity contribution in [2.45, 2.75) is 155 Å². The highest BCUT2D eigenvalue weighted by molar-refractivity contribution is 7.29. The van der Waals surface area contributed by atoms with Crippen LogP contribution in [0.3, 0.4) is 0 Å². The van der Waals surface area contributed by atoms with Gasteiger partial charge in [0.15, 0.2) is 0 Å². The highest BCUT2D eigenvalue weighted by atomic mass is 32.1. The molecule has 4 aromatic rings. The molecule has 2 aromatic carbocycles. The summed E-state index contributed by atoms with van der Waals surface area (Å²) in [5.74, 6) is 0. The number of hydrogen-bond acceptors (Lipinski definition) is 2. The Bertz CT molecular complexity index is 1410. The molecule has 0 atom stereocenters. The molecule has 0 aliphatic heterocycles. The Balaban J connectivity index is 1.23. The zero-order chi connectivity index (χ0) is 35.7. The van der Waals surface area contributed by atoms with Crippen molar-refractivity contribution < 1.29 is 0 Å². The Kier molecular flexibility index (Phi) is 17.6. The molecule has 0 bridgehead atoms. The van der Waals surface area contributed by atoms with Crippen LogP contribution in [0.5, 0.6) is 0 Å². The number of thiophene rings is 2. The molecule has 2 aromatic heterocycles. The van der Waals surface area contributed by atoms with Crippen molar-refractivity contribution in [2.24, 2.45) is 0 Å². The summed E-state index contributed by atoms with van der Waals surface area (Å²) in [7, 11) is -2.74. The quantitative estimate of drug-likeness (QED) is 0.0381. The van der Waals surface area contributed by atoms with E-state index in [1.165, 1.54) is 147 Å². The van der Waals surface area contributed by atoms with Gasteiger partial charge in [-0.3, -0.25) is 0 Å². The number of hydrogen-bond donors (Lipinski definition) is 0. The van der Waals surface area contributed by atoms with Gasteiger partial charge >= 0.3 is 0 Å². The normalized spacial score (nSPS) is 12.4. The fraction of sp³-hybridized carbons (Fsp3) is 0.522. The summed E-state index contributed by atoms with van der Waals surface area (Å²) in [5.41, 5.74) is 5.20. The Labute approximate surface area is 317 Å². The van der Waals surface area contributed by atoms with E-state index in [1.54, 1.807) is 9.00 Å². The third-order valence-corrected chi connectivity index (χ3v) is 22.7. The third kappa shape index (κ3) is 13.5. The second kappa shape index (κ2) is 21.5. The zero-order valence-electron chi connectivity index (χ0n) is 32.6. The minimum Gasteiger partial charge on any atom is -0.145 e. The first-order chi connectivity index (χ1) is 24.2. The van der Waals surface area contributed by atoms with E-state index in [0.717, 1.165) is 0 Å². The fourth-order valence-electron chi connectivity index (χ4n) is 7.07. The van der Waals surface area contributed by atoms with E-state index in [2.05, 4.69) is 125 Å². The zero-order valence-corrected chi connectivity index (χ0v) is 36.3. The van der Waals surface area contributed by atoms with E-state index in [9.17, 15) is 0 Å². The maximum absolute atomic E-state index is 2.57. The molecule has 2 heterocycles. The molecule has 0 saturated carbocycles. The molecule has 0 saturated heterocycles. The Hall–Kier alpha value is -1.99. The first-order valence-corrected chi connectivity index (χ1v) is 28.4. The van der Waals surface area contributed by atoms with E-state index in [0.29, 0.717) is 0 Å². The van der Waals surface area contributed by atoms with Crippen molar-refractivity contribution in [3.8, 4) is 20.9 Å². The van der Waals surface area contributed by atoms with E-state index >= 15 is 0 Å². The average molecular weight is 741 g/mol.